The van der Waals surface area contributed by atoms with Crippen LogP contribution in [0.2, 0.25) is 0 Å². The Labute approximate surface area is 184 Å². The number of hydrogen-bond acceptors (Lipinski definition) is 7. The van der Waals surface area contributed by atoms with Crippen LogP contribution in [0.1, 0.15) is 26.7 Å². The molecule has 0 saturated carbocycles. The van der Waals surface area contributed by atoms with E-state index in [1.54, 1.807) is 0 Å². The van der Waals surface area contributed by atoms with Gasteiger partial charge >= 0.3 is 0 Å². The van der Waals surface area contributed by atoms with Crippen LogP contribution in [0.4, 0.5) is 0 Å². The molecule has 0 aromatic carbocycles. The Bertz CT molecular complexity index is 771. The van der Waals surface area contributed by atoms with E-state index in [9.17, 15) is 33.6 Å². The Morgan fingerprint density at radius 2 is 1.50 bits per heavy atom. The summed E-state index contributed by atoms with van der Waals surface area (Å²) in [5, 5.41) is 11.7. The highest BCUT2D eigenvalue weighted by Gasteiger charge is 2.35. The van der Waals surface area contributed by atoms with Crippen molar-refractivity contribution in [1.29, 1.82) is 0 Å². The standard InChI is InChI=1S/C18H29N7O7/c1-10(17(31)23-8-15(29)21-6-13(19)27)24-18(32)12-4-3-5-25(12)16(30)9-22-14(28)7-20-11(2)26/h10,12H,3-9H2,1-2H3,(H2,19,27)(H,20,26)(H,21,29)(H,22,28)(H,23,31)(H,24,32)/t10-,12-/m0/s1. The Morgan fingerprint density at radius 1 is 0.906 bits per heavy atom. The summed E-state index contributed by atoms with van der Waals surface area (Å²) >= 11 is 0. The van der Waals surface area contributed by atoms with Crippen molar-refractivity contribution in [3.63, 3.8) is 0 Å². The Morgan fingerprint density at radius 3 is 2.09 bits per heavy atom. The molecule has 0 spiro atoms. The predicted molar refractivity (Wildman–Crippen MR) is 109 cm³/mol. The SMILES string of the molecule is CC(=O)NCC(=O)NCC(=O)N1CCC[C@H]1C(=O)N[C@@H](C)C(=O)NCC(=O)NCC(N)=O. The first kappa shape index (κ1) is 26.3. The fourth-order valence-electron chi connectivity index (χ4n) is 2.82. The summed E-state index contributed by atoms with van der Waals surface area (Å²) in [6.07, 6.45) is 0.964. The number of nitrogens with zero attached hydrogens (tertiary/aromatic N) is 1. The molecule has 0 radical (unpaired) electrons. The van der Waals surface area contributed by atoms with Gasteiger partial charge in [-0.15, -0.1) is 0 Å². The van der Waals surface area contributed by atoms with E-state index in [0.717, 1.165) is 0 Å². The Hall–Kier alpha value is -3.71. The van der Waals surface area contributed by atoms with Crippen molar-refractivity contribution < 1.29 is 33.6 Å². The summed E-state index contributed by atoms with van der Waals surface area (Å²) in [5.41, 5.74) is 4.90. The highest BCUT2D eigenvalue weighted by Crippen LogP contribution is 2.17. The van der Waals surface area contributed by atoms with Gasteiger partial charge in [0.2, 0.25) is 41.4 Å². The molecule has 0 aromatic rings. The minimum Gasteiger partial charge on any atom is -0.368 e. The fourth-order valence-corrected chi connectivity index (χ4v) is 2.82. The van der Waals surface area contributed by atoms with Gasteiger partial charge in [0.25, 0.3) is 0 Å². The highest BCUT2D eigenvalue weighted by atomic mass is 16.2. The summed E-state index contributed by atoms with van der Waals surface area (Å²) in [4.78, 5) is 82.9. The van der Waals surface area contributed by atoms with Crippen molar-refractivity contribution in [2.24, 2.45) is 5.73 Å². The van der Waals surface area contributed by atoms with Gasteiger partial charge in [-0.2, -0.15) is 0 Å². The maximum atomic E-state index is 12.6. The van der Waals surface area contributed by atoms with Crippen molar-refractivity contribution in [2.75, 3.05) is 32.7 Å². The van der Waals surface area contributed by atoms with Crippen LogP contribution < -0.4 is 32.3 Å². The number of carbonyl (C=O) groups is 7. The van der Waals surface area contributed by atoms with Crippen LogP contribution in [0.15, 0.2) is 0 Å². The number of nitrogens with one attached hydrogen (secondary N) is 5. The molecule has 1 saturated heterocycles. The molecule has 0 aliphatic carbocycles. The van der Waals surface area contributed by atoms with Crippen LogP contribution in [0.3, 0.4) is 0 Å². The van der Waals surface area contributed by atoms with Gasteiger partial charge in [0.1, 0.15) is 12.1 Å². The molecule has 7 amide bonds. The number of amides is 7. The summed E-state index contributed by atoms with van der Waals surface area (Å²) in [5.74, 6) is -3.92. The lowest BCUT2D eigenvalue weighted by Gasteiger charge is -2.25. The second-order valence-corrected chi connectivity index (χ2v) is 7.12. The summed E-state index contributed by atoms with van der Waals surface area (Å²) < 4.78 is 0. The summed E-state index contributed by atoms with van der Waals surface area (Å²) in [7, 11) is 0. The topological polar surface area (TPSA) is 209 Å². The average molecular weight is 455 g/mol. The van der Waals surface area contributed by atoms with E-state index in [2.05, 4.69) is 26.6 Å². The highest BCUT2D eigenvalue weighted by molar-refractivity contribution is 5.94. The molecule has 32 heavy (non-hydrogen) atoms. The lowest BCUT2D eigenvalue weighted by Crippen LogP contribution is -2.54. The van der Waals surface area contributed by atoms with Gasteiger partial charge in [0.15, 0.2) is 0 Å². The second-order valence-electron chi connectivity index (χ2n) is 7.12. The molecule has 0 aromatic heterocycles. The van der Waals surface area contributed by atoms with Gasteiger partial charge in [-0.3, -0.25) is 33.6 Å². The zero-order chi connectivity index (χ0) is 24.3. The summed E-state index contributed by atoms with van der Waals surface area (Å²) in [6, 6.07) is -1.79. The van der Waals surface area contributed by atoms with Crippen molar-refractivity contribution in [2.45, 2.75) is 38.8 Å². The molecule has 1 fully saturated rings. The molecule has 1 aliphatic rings. The number of likely N-dealkylation sites (tertiary alicyclic amines) is 1. The van der Waals surface area contributed by atoms with Crippen molar-refractivity contribution >= 4 is 41.4 Å². The van der Waals surface area contributed by atoms with Crippen molar-refractivity contribution in [1.82, 2.24) is 31.5 Å². The molecule has 1 rings (SSSR count). The van der Waals surface area contributed by atoms with Crippen molar-refractivity contribution in [3.8, 4) is 0 Å². The van der Waals surface area contributed by atoms with Gasteiger partial charge < -0.3 is 37.2 Å². The van der Waals surface area contributed by atoms with E-state index in [4.69, 9.17) is 5.73 Å². The Kier molecular flexibility index (Phi) is 10.6. The van der Waals surface area contributed by atoms with Crippen LogP contribution in [-0.2, 0) is 33.6 Å². The molecule has 0 bridgehead atoms. The monoisotopic (exact) mass is 455 g/mol. The first-order valence-electron chi connectivity index (χ1n) is 9.95. The molecule has 14 heteroatoms. The third-order valence-corrected chi connectivity index (χ3v) is 4.45. The number of hydrogen-bond donors (Lipinski definition) is 6. The van der Waals surface area contributed by atoms with Crippen LogP contribution in [0, 0.1) is 0 Å². The molecule has 7 N–H and O–H groups in total. The minimum absolute atomic E-state index is 0.264. The molecular formula is C18H29N7O7. The molecule has 1 heterocycles. The van der Waals surface area contributed by atoms with E-state index in [-0.39, 0.29) is 25.5 Å². The fraction of sp³-hybridized carbons (Fsp3) is 0.611. The predicted octanol–water partition coefficient (Wildman–Crippen LogP) is -4.55. The average Bonchev–Trinajstić information content (AvgIpc) is 3.22. The molecule has 2 atom stereocenters. The van der Waals surface area contributed by atoms with Crippen LogP contribution >= 0.6 is 0 Å². The second kappa shape index (κ2) is 12.9. The van der Waals surface area contributed by atoms with Crippen molar-refractivity contribution in [3.05, 3.63) is 0 Å². The number of rotatable bonds is 11. The van der Waals surface area contributed by atoms with Gasteiger partial charge in [0.05, 0.1) is 26.2 Å². The third-order valence-electron chi connectivity index (χ3n) is 4.45. The molecule has 0 unspecified atom stereocenters. The van der Waals surface area contributed by atoms with E-state index in [1.165, 1.54) is 18.7 Å². The van der Waals surface area contributed by atoms with E-state index in [0.29, 0.717) is 19.4 Å². The lowest BCUT2D eigenvalue weighted by molar-refractivity contribution is -0.139. The van der Waals surface area contributed by atoms with E-state index >= 15 is 0 Å². The van der Waals surface area contributed by atoms with Gasteiger partial charge in [-0.25, -0.2) is 0 Å². The first-order chi connectivity index (χ1) is 15.0. The van der Waals surface area contributed by atoms with E-state index in [1.807, 2.05) is 0 Å². The lowest BCUT2D eigenvalue weighted by atomic mass is 10.2. The number of nitrogens with two attached hydrogens (primary N) is 1. The molecule has 14 nitrogen and oxygen atoms in total. The first-order valence-corrected chi connectivity index (χ1v) is 9.95. The maximum Gasteiger partial charge on any atom is 0.243 e. The smallest absolute Gasteiger partial charge is 0.243 e. The van der Waals surface area contributed by atoms with Crippen LogP contribution in [-0.4, -0.2) is 91.1 Å². The maximum absolute atomic E-state index is 12.6. The third kappa shape index (κ3) is 9.40. The summed E-state index contributed by atoms with van der Waals surface area (Å²) in [6.45, 7) is 1.63. The quantitative estimate of drug-likeness (QED) is 0.179. The van der Waals surface area contributed by atoms with Gasteiger partial charge in [0, 0.05) is 13.5 Å². The molecule has 178 valence electrons. The molecular weight excluding hydrogens is 426 g/mol. The van der Waals surface area contributed by atoms with E-state index < -0.39 is 54.1 Å². The zero-order valence-electron chi connectivity index (χ0n) is 18.0. The zero-order valence-corrected chi connectivity index (χ0v) is 18.0. The molecule has 1 aliphatic heterocycles. The number of primary amides is 1. The van der Waals surface area contributed by atoms with Crippen LogP contribution in [0.5, 0.6) is 0 Å². The number of carbonyl (C=O) groups excluding carboxylic acids is 7. The largest absolute Gasteiger partial charge is 0.368 e. The Balaban J connectivity index is 2.47. The van der Waals surface area contributed by atoms with Gasteiger partial charge in [-0.05, 0) is 19.8 Å². The normalized spacial score (nSPS) is 15.8. The van der Waals surface area contributed by atoms with Gasteiger partial charge in [-0.1, -0.05) is 0 Å². The van der Waals surface area contributed by atoms with Crippen LogP contribution in [0.25, 0.3) is 0 Å². The minimum atomic E-state index is -0.985.